The molecule has 5 heteroatoms. The number of nitrogens with zero attached hydrogens (tertiary/aromatic N) is 2. The highest BCUT2D eigenvalue weighted by atomic mass is 32.1. The molecule has 0 fully saturated rings. The number of nitrogens with one attached hydrogen (secondary N) is 2. The molecule has 0 unspecified atom stereocenters. The normalized spacial score (nSPS) is 11.0. The molecule has 144 valence electrons. The second-order valence-corrected chi connectivity index (χ2v) is 7.54. The van der Waals surface area contributed by atoms with Crippen LogP contribution in [0, 0.1) is 27.7 Å². The zero-order chi connectivity index (χ0) is 20.1. The highest BCUT2D eigenvalue weighted by Gasteiger charge is 2.04. The molecule has 2 aromatic carbocycles. The summed E-state index contributed by atoms with van der Waals surface area (Å²) in [5.74, 6) is 0. The molecule has 0 bridgehead atoms. The first-order valence-corrected chi connectivity index (χ1v) is 9.72. The zero-order valence-electron chi connectivity index (χ0n) is 16.8. The quantitative estimate of drug-likeness (QED) is 0.362. The monoisotopic (exact) mass is 390 g/mol. The van der Waals surface area contributed by atoms with Gasteiger partial charge in [0.05, 0.1) is 11.9 Å². The Morgan fingerprint density at radius 1 is 1.00 bits per heavy atom. The van der Waals surface area contributed by atoms with Crippen LogP contribution in [0.1, 0.15) is 33.5 Å². The fraction of sp³-hybridized carbons (Fsp3) is 0.217. The lowest BCUT2D eigenvalue weighted by Gasteiger charge is -2.11. The second kappa shape index (κ2) is 8.85. The Morgan fingerprint density at radius 3 is 2.50 bits per heavy atom. The van der Waals surface area contributed by atoms with Gasteiger partial charge in [-0.05, 0) is 80.4 Å². The van der Waals surface area contributed by atoms with Gasteiger partial charge in [0.2, 0.25) is 0 Å². The van der Waals surface area contributed by atoms with E-state index >= 15 is 0 Å². The fourth-order valence-corrected chi connectivity index (χ4v) is 3.18. The third kappa shape index (κ3) is 5.08. The summed E-state index contributed by atoms with van der Waals surface area (Å²) in [4.78, 5) is 0. The van der Waals surface area contributed by atoms with Crippen LogP contribution in [-0.4, -0.2) is 15.9 Å². The summed E-state index contributed by atoms with van der Waals surface area (Å²) in [6, 6.07) is 16.8. The van der Waals surface area contributed by atoms with Gasteiger partial charge in [0.25, 0.3) is 0 Å². The fourth-order valence-electron chi connectivity index (χ4n) is 3.02. The molecule has 28 heavy (non-hydrogen) atoms. The van der Waals surface area contributed by atoms with Crippen molar-refractivity contribution < 1.29 is 0 Å². The van der Waals surface area contributed by atoms with E-state index in [-0.39, 0.29) is 0 Å². The summed E-state index contributed by atoms with van der Waals surface area (Å²) in [6.45, 7) is 9.18. The van der Waals surface area contributed by atoms with Crippen LogP contribution in [0.5, 0.6) is 0 Å². The maximum atomic E-state index is 5.36. The third-order valence-corrected chi connectivity index (χ3v) is 4.91. The number of aryl methyl sites for hydroxylation is 4. The van der Waals surface area contributed by atoms with Gasteiger partial charge in [0.1, 0.15) is 0 Å². The van der Waals surface area contributed by atoms with E-state index < -0.39 is 0 Å². The topological polar surface area (TPSA) is 41.4 Å². The minimum Gasteiger partial charge on any atom is -0.342 e. The molecule has 3 aromatic rings. The number of hydrazone groups is 1. The molecule has 1 aromatic heterocycles. The number of hydrogen-bond donors (Lipinski definition) is 2. The summed E-state index contributed by atoms with van der Waals surface area (Å²) in [5, 5.41) is 7.97. The van der Waals surface area contributed by atoms with Crippen molar-refractivity contribution >= 4 is 29.2 Å². The number of hydrogen-bond acceptors (Lipinski definition) is 2. The Hall–Kier alpha value is -2.92. The van der Waals surface area contributed by atoms with E-state index in [4.69, 9.17) is 12.2 Å². The van der Waals surface area contributed by atoms with Gasteiger partial charge in [-0.15, -0.1) is 0 Å². The molecule has 0 atom stereocenters. The third-order valence-electron chi connectivity index (χ3n) is 4.71. The first-order valence-electron chi connectivity index (χ1n) is 9.31. The van der Waals surface area contributed by atoms with Crippen LogP contribution < -0.4 is 10.7 Å². The molecule has 0 spiro atoms. The molecule has 0 aliphatic heterocycles. The number of anilines is 1. The Kier molecular flexibility index (Phi) is 6.26. The van der Waals surface area contributed by atoms with Gasteiger partial charge in [0.15, 0.2) is 5.11 Å². The average Bonchev–Trinajstić information content (AvgIpc) is 3.08. The number of thiocarbonyl (C=S) groups is 1. The highest BCUT2D eigenvalue weighted by molar-refractivity contribution is 7.80. The predicted molar refractivity (Wildman–Crippen MR) is 122 cm³/mol. The van der Waals surface area contributed by atoms with Crippen LogP contribution in [0.3, 0.4) is 0 Å². The van der Waals surface area contributed by atoms with E-state index in [9.17, 15) is 0 Å². The zero-order valence-corrected chi connectivity index (χ0v) is 17.6. The summed E-state index contributed by atoms with van der Waals surface area (Å²) in [7, 11) is 0. The van der Waals surface area contributed by atoms with Crippen molar-refractivity contribution in [3.05, 3.63) is 88.2 Å². The molecule has 0 radical (unpaired) electrons. The summed E-state index contributed by atoms with van der Waals surface area (Å²) < 4.78 is 2.17. The van der Waals surface area contributed by atoms with Gasteiger partial charge >= 0.3 is 0 Å². The molecule has 0 saturated heterocycles. The SMILES string of the molecule is Cc1ccc(C)c(Cn2cccc2/C=N/NC(=S)Nc2cc(C)ccc2C)c1. The molecule has 0 aliphatic carbocycles. The maximum Gasteiger partial charge on any atom is 0.191 e. The summed E-state index contributed by atoms with van der Waals surface area (Å²) in [5.41, 5.74) is 11.1. The van der Waals surface area contributed by atoms with Crippen molar-refractivity contribution in [1.29, 1.82) is 0 Å². The number of rotatable bonds is 5. The predicted octanol–water partition coefficient (Wildman–Crippen LogP) is 5.09. The molecule has 0 amide bonds. The highest BCUT2D eigenvalue weighted by Crippen LogP contribution is 2.16. The van der Waals surface area contributed by atoms with E-state index in [2.05, 4.69) is 83.8 Å². The van der Waals surface area contributed by atoms with E-state index in [1.807, 2.05) is 19.1 Å². The molecule has 3 rings (SSSR count). The first-order chi connectivity index (χ1) is 13.4. The molecule has 4 nitrogen and oxygen atoms in total. The van der Waals surface area contributed by atoms with Crippen molar-refractivity contribution in [3.8, 4) is 0 Å². The maximum absolute atomic E-state index is 5.36. The largest absolute Gasteiger partial charge is 0.342 e. The molecule has 2 N–H and O–H groups in total. The van der Waals surface area contributed by atoms with Gasteiger partial charge in [-0.1, -0.05) is 35.9 Å². The minimum atomic E-state index is 0.470. The number of benzene rings is 2. The van der Waals surface area contributed by atoms with Gasteiger partial charge in [-0.25, -0.2) is 0 Å². The number of aromatic nitrogens is 1. The Bertz CT molecular complexity index is 1020. The van der Waals surface area contributed by atoms with E-state index in [1.54, 1.807) is 6.21 Å². The molecular weight excluding hydrogens is 364 g/mol. The molecule has 1 heterocycles. The Balaban J connectivity index is 1.64. The van der Waals surface area contributed by atoms with E-state index in [1.165, 1.54) is 22.3 Å². The summed E-state index contributed by atoms with van der Waals surface area (Å²) in [6.07, 6.45) is 3.86. The van der Waals surface area contributed by atoms with Crippen LogP contribution in [-0.2, 0) is 6.54 Å². The molecular formula is C23H26N4S. The van der Waals surface area contributed by atoms with Crippen LogP contribution >= 0.6 is 12.2 Å². The standard InChI is InChI=1S/C23H26N4S/c1-16-7-9-18(3)20(12-16)15-27-11-5-6-21(27)14-24-26-23(28)25-22-13-17(2)8-10-19(22)4/h5-14H,15H2,1-4H3,(H2,25,26,28)/b24-14+. The van der Waals surface area contributed by atoms with E-state index in [0.29, 0.717) is 5.11 Å². The van der Waals surface area contributed by atoms with Gasteiger partial charge in [0, 0.05) is 18.4 Å². The lowest BCUT2D eigenvalue weighted by atomic mass is 10.1. The molecule has 0 aliphatic rings. The van der Waals surface area contributed by atoms with Crippen molar-refractivity contribution in [2.24, 2.45) is 5.10 Å². The Labute approximate surface area is 172 Å². The van der Waals surface area contributed by atoms with Crippen LogP contribution in [0.15, 0.2) is 59.8 Å². The minimum absolute atomic E-state index is 0.470. The lowest BCUT2D eigenvalue weighted by Crippen LogP contribution is -2.24. The van der Waals surface area contributed by atoms with Gasteiger partial charge in [-0.3, -0.25) is 5.43 Å². The van der Waals surface area contributed by atoms with Crippen molar-refractivity contribution in [2.45, 2.75) is 34.2 Å². The van der Waals surface area contributed by atoms with Crippen molar-refractivity contribution in [3.63, 3.8) is 0 Å². The van der Waals surface area contributed by atoms with Crippen molar-refractivity contribution in [1.82, 2.24) is 9.99 Å². The second-order valence-electron chi connectivity index (χ2n) is 7.13. The lowest BCUT2D eigenvalue weighted by molar-refractivity contribution is 0.793. The summed E-state index contributed by atoms with van der Waals surface area (Å²) >= 11 is 5.36. The van der Waals surface area contributed by atoms with Gasteiger partial charge in [-0.2, -0.15) is 5.10 Å². The van der Waals surface area contributed by atoms with Gasteiger partial charge < -0.3 is 9.88 Å². The van der Waals surface area contributed by atoms with Crippen LogP contribution in [0.25, 0.3) is 0 Å². The van der Waals surface area contributed by atoms with E-state index in [0.717, 1.165) is 23.5 Å². The average molecular weight is 391 g/mol. The molecule has 0 saturated carbocycles. The van der Waals surface area contributed by atoms with Crippen molar-refractivity contribution in [2.75, 3.05) is 5.32 Å². The van der Waals surface area contributed by atoms with Crippen LogP contribution in [0.2, 0.25) is 0 Å². The Morgan fingerprint density at radius 2 is 1.71 bits per heavy atom. The smallest absolute Gasteiger partial charge is 0.191 e. The first kappa shape index (κ1) is 19.8. The van der Waals surface area contributed by atoms with Crippen LogP contribution in [0.4, 0.5) is 5.69 Å².